The van der Waals surface area contributed by atoms with Gasteiger partial charge in [0.15, 0.2) is 0 Å². The van der Waals surface area contributed by atoms with E-state index in [4.69, 9.17) is 4.74 Å². The number of nitrogens with zero attached hydrogens (tertiary/aromatic N) is 2. The number of rotatable bonds is 2. The van der Waals surface area contributed by atoms with Crippen molar-refractivity contribution >= 4 is 27.9 Å². The Kier molecular flexibility index (Phi) is 5.17. The van der Waals surface area contributed by atoms with Crippen molar-refractivity contribution in [1.82, 2.24) is 9.80 Å². The molecule has 21 heavy (non-hydrogen) atoms. The maximum Gasteiger partial charge on any atom is 0.410 e. The number of ether oxygens (including phenoxy) is 1. The maximum atomic E-state index is 12.0. The maximum absolute atomic E-state index is 12.0. The Labute approximate surface area is 135 Å². The molecule has 2 saturated heterocycles. The molecule has 0 bridgehead atoms. The summed E-state index contributed by atoms with van der Waals surface area (Å²) in [7, 11) is 0. The standard InChI is InChI=1S/C15H25BrN2O3/c1-15(2,3)21-14(20)17-6-4-11(5-7-17)9-18-10-12(16)8-13(18)19/h11-12H,4-10H2,1-3H3. The molecule has 1 atom stereocenters. The number of amides is 2. The summed E-state index contributed by atoms with van der Waals surface area (Å²) in [6, 6.07) is 0. The molecule has 2 heterocycles. The van der Waals surface area contributed by atoms with E-state index >= 15 is 0 Å². The number of alkyl halides is 1. The lowest BCUT2D eigenvalue weighted by atomic mass is 9.96. The van der Waals surface area contributed by atoms with Crippen LogP contribution in [0, 0.1) is 5.92 Å². The Morgan fingerprint density at radius 3 is 2.43 bits per heavy atom. The zero-order valence-corrected chi connectivity index (χ0v) is 14.7. The van der Waals surface area contributed by atoms with Gasteiger partial charge in [-0.1, -0.05) is 15.9 Å². The van der Waals surface area contributed by atoms with Crippen molar-refractivity contribution < 1.29 is 14.3 Å². The third-order valence-electron chi connectivity index (χ3n) is 3.91. The fraction of sp³-hybridized carbons (Fsp3) is 0.867. The van der Waals surface area contributed by atoms with Crippen LogP contribution in [0.5, 0.6) is 0 Å². The number of halogens is 1. The van der Waals surface area contributed by atoms with Gasteiger partial charge in [-0.2, -0.15) is 0 Å². The van der Waals surface area contributed by atoms with Crippen molar-refractivity contribution in [1.29, 1.82) is 0 Å². The highest BCUT2D eigenvalue weighted by Crippen LogP contribution is 2.24. The summed E-state index contributed by atoms with van der Waals surface area (Å²) in [6.07, 6.45) is 2.27. The molecule has 2 fully saturated rings. The number of carbonyl (C=O) groups excluding carboxylic acids is 2. The van der Waals surface area contributed by atoms with Crippen LogP contribution in [0.3, 0.4) is 0 Å². The normalized spacial score (nSPS) is 24.6. The summed E-state index contributed by atoms with van der Waals surface area (Å²) >= 11 is 3.51. The molecular formula is C15H25BrN2O3. The van der Waals surface area contributed by atoms with Crippen LogP contribution in [-0.2, 0) is 9.53 Å². The molecule has 120 valence electrons. The summed E-state index contributed by atoms with van der Waals surface area (Å²) in [5, 5.41) is 0. The lowest BCUT2D eigenvalue weighted by Gasteiger charge is -2.34. The second-order valence-electron chi connectivity index (χ2n) is 7.01. The molecule has 5 nitrogen and oxygen atoms in total. The predicted octanol–water partition coefficient (Wildman–Crippen LogP) is 2.63. The van der Waals surface area contributed by atoms with Gasteiger partial charge < -0.3 is 14.5 Å². The molecule has 0 radical (unpaired) electrons. The van der Waals surface area contributed by atoms with Crippen molar-refractivity contribution in [2.45, 2.75) is 50.5 Å². The smallest absolute Gasteiger partial charge is 0.410 e. The highest BCUT2D eigenvalue weighted by molar-refractivity contribution is 9.09. The molecule has 0 aromatic heterocycles. The van der Waals surface area contributed by atoms with Gasteiger partial charge in [-0.3, -0.25) is 4.79 Å². The average molecular weight is 361 g/mol. The minimum atomic E-state index is -0.444. The van der Waals surface area contributed by atoms with Gasteiger partial charge in [-0.15, -0.1) is 0 Å². The lowest BCUT2D eigenvalue weighted by Crippen LogP contribution is -2.44. The molecule has 0 aromatic rings. The first-order valence-electron chi connectivity index (χ1n) is 7.64. The number of hydrogen-bond acceptors (Lipinski definition) is 3. The zero-order valence-electron chi connectivity index (χ0n) is 13.1. The van der Waals surface area contributed by atoms with Crippen LogP contribution in [-0.4, -0.2) is 58.4 Å². The van der Waals surface area contributed by atoms with E-state index in [1.807, 2.05) is 25.7 Å². The highest BCUT2D eigenvalue weighted by atomic mass is 79.9. The molecule has 2 rings (SSSR count). The number of carbonyl (C=O) groups is 2. The minimum Gasteiger partial charge on any atom is -0.444 e. The number of likely N-dealkylation sites (tertiary alicyclic amines) is 2. The van der Waals surface area contributed by atoms with Gasteiger partial charge in [0.25, 0.3) is 0 Å². The fourth-order valence-corrected chi connectivity index (χ4v) is 3.46. The van der Waals surface area contributed by atoms with Gasteiger partial charge in [0.05, 0.1) is 0 Å². The molecule has 2 aliphatic rings. The summed E-state index contributed by atoms with van der Waals surface area (Å²) in [6.45, 7) is 8.72. The van der Waals surface area contributed by atoms with Crippen LogP contribution in [0.1, 0.15) is 40.0 Å². The summed E-state index contributed by atoms with van der Waals surface area (Å²) in [4.78, 5) is 27.8. The summed E-state index contributed by atoms with van der Waals surface area (Å²) in [5.74, 6) is 0.733. The fourth-order valence-electron chi connectivity index (χ4n) is 2.84. The van der Waals surface area contributed by atoms with Crippen molar-refractivity contribution in [2.24, 2.45) is 5.92 Å². The van der Waals surface area contributed by atoms with Crippen LogP contribution in [0.15, 0.2) is 0 Å². The summed E-state index contributed by atoms with van der Waals surface area (Å²) in [5.41, 5.74) is -0.444. The van der Waals surface area contributed by atoms with E-state index in [1.165, 1.54) is 0 Å². The van der Waals surface area contributed by atoms with Gasteiger partial charge in [0.2, 0.25) is 5.91 Å². The van der Waals surface area contributed by atoms with Crippen LogP contribution in [0.25, 0.3) is 0 Å². The first kappa shape index (κ1) is 16.6. The molecule has 0 N–H and O–H groups in total. The van der Waals surface area contributed by atoms with E-state index in [2.05, 4.69) is 15.9 Å². The molecule has 0 spiro atoms. The molecule has 0 aliphatic carbocycles. The summed E-state index contributed by atoms with van der Waals surface area (Å²) < 4.78 is 5.39. The minimum absolute atomic E-state index is 0.223. The second-order valence-corrected chi connectivity index (χ2v) is 8.31. The van der Waals surface area contributed by atoms with Crippen LogP contribution >= 0.6 is 15.9 Å². The van der Waals surface area contributed by atoms with E-state index in [9.17, 15) is 9.59 Å². The van der Waals surface area contributed by atoms with Gasteiger partial charge in [0.1, 0.15) is 5.60 Å². The molecule has 2 amide bonds. The lowest BCUT2D eigenvalue weighted by molar-refractivity contribution is -0.128. The first-order chi connectivity index (χ1) is 9.74. The highest BCUT2D eigenvalue weighted by Gasteiger charge is 2.32. The van der Waals surface area contributed by atoms with Crippen LogP contribution in [0.2, 0.25) is 0 Å². The van der Waals surface area contributed by atoms with Crippen molar-refractivity contribution in [2.75, 3.05) is 26.2 Å². The topological polar surface area (TPSA) is 49.9 Å². The average Bonchev–Trinajstić information content (AvgIpc) is 2.66. The Balaban J connectivity index is 1.76. The Morgan fingerprint density at radius 2 is 1.95 bits per heavy atom. The Hall–Kier alpha value is -0.780. The van der Waals surface area contributed by atoms with E-state index < -0.39 is 5.60 Å². The van der Waals surface area contributed by atoms with E-state index in [0.717, 1.165) is 39.0 Å². The van der Waals surface area contributed by atoms with Gasteiger partial charge in [-0.25, -0.2) is 4.79 Å². The first-order valence-corrected chi connectivity index (χ1v) is 8.56. The van der Waals surface area contributed by atoms with Crippen LogP contribution in [0.4, 0.5) is 4.79 Å². The quantitative estimate of drug-likeness (QED) is 0.711. The zero-order chi connectivity index (χ0) is 15.6. The largest absolute Gasteiger partial charge is 0.444 e. The third kappa shape index (κ3) is 4.87. The molecule has 0 aromatic carbocycles. The molecule has 2 aliphatic heterocycles. The van der Waals surface area contributed by atoms with Gasteiger partial charge in [-0.05, 0) is 39.5 Å². The van der Waals surface area contributed by atoms with Crippen molar-refractivity contribution in [3.05, 3.63) is 0 Å². The monoisotopic (exact) mass is 360 g/mol. The van der Waals surface area contributed by atoms with E-state index in [0.29, 0.717) is 17.2 Å². The SMILES string of the molecule is CC(C)(C)OC(=O)N1CCC(CN2CC(Br)CC2=O)CC1. The molecule has 0 saturated carbocycles. The van der Waals surface area contributed by atoms with Crippen molar-refractivity contribution in [3.8, 4) is 0 Å². The Morgan fingerprint density at radius 1 is 1.33 bits per heavy atom. The van der Waals surface area contributed by atoms with Crippen molar-refractivity contribution in [3.63, 3.8) is 0 Å². The number of piperidine rings is 1. The number of hydrogen-bond donors (Lipinski definition) is 0. The molecular weight excluding hydrogens is 336 g/mol. The molecule has 6 heteroatoms. The van der Waals surface area contributed by atoms with Gasteiger partial charge >= 0.3 is 6.09 Å². The predicted molar refractivity (Wildman–Crippen MR) is 84.4 cm³/mol. The van der Waals surface area contributed by atoms with E-state index in [1.54, 1.807) is 4.90 Å². The molecule has 1 unspecified atom stereocenters. The third-order valence-corrected chi connectivity index (χ3v) is 4.53. The Bertz CT molecular complexity index is 400. The van der Waals surface area contributed by atoms with Crippen LogP contribution < -0.4 is 0 Å². The van der Waals surface area contributed by atoms with Gasteiger partial charge in [0, 0.05) is 37.4 Å². The second kappa shape index (κ2) is 6.55. The van der Waals surface area contributed by atoms with E-state index in [-0.39, 0.29) is 12.0 Å².